The van der Waals surface area contributed by atoms with Crippen LogP contribution in [0.4, 0.5) is 10.6 Å². The van der Waals surface area contributed by atoms with Crippen molar-refractivity contribution in [1.82, 2.24) is 24.7 Å². The topological polar surface area (TPSA) is 131 Å². The van der Waals surface area contributed by atoms with E-state index < -0.39 is 15.9 Å². The number of aromatic nitrogens is 4. The molecule has 0 bridgehead atoms. The smallest absolute Gasteiger partial charge is 0.320 e. The highest BCUT2D eigenvalue weighted by molar-refractivity contribution is 7.90. The maximum absolute atomic E-state index is 12.3. The average molecular weight is 483 g/mol. The SMILES string of the molecule is CC(C)(C)c1cnc(CCNC(=O)Nc2cn3cc(-c4cncc(S(C)(=O)=O)c4)ccc3n2)o1. The van der Waals surface area contributed by atoms with Crippen LogP contribution in [0.15, 0.2) is 58.5 Å². The molecule has 0 aliphatic rings. The number of pyridine rings is 2. The second kappa shape index (κ2) is 8.90. The van der Waals surface area contributed by atoms with Crippen molar-refractivity contribution in [3.8, 4) is 11.1 Å². The molecule has 34 heavy (non-hydrogen) atoms. The predicted octanol–water partition coefficient (Wildman–Crippen LogP) is 3.45. The van der Waals surface area contributed by atoms with Gasteiger partial charge in [0.2, 0.25) is 0 Å². The third-order valence-corrected chi connectivity index (χ3v) is 6.16. The van der Waals surface area contributed by atoms with Gasteiger partial charge in [-0.05, 0) is 18.2 Å². The second-order valence-electron chi connectivity index (χ2n) is 8.99. The minimum atomic E-state index is -3.36. The Kier molecular flexibility index (Phi) is 6.13. The Morgan fingerprint density at radius 3 is 2.62 bits per heavy atom. The minimum absolute atomic E-state index is 0.119. The summed E-state index contributed by atoms with van der Waals surface area (Å²) >= 11 is 0. The summed E-state index contributed by atoms with van der Waals surface area (Å²) in [5.41, 5.74) is 1.93. The summed E-state index contributed by atoms with van der Waals surface area (Å²) in [6, 6.07) is 4.78. The van der Waals surface area contributed by atoms with Gasteiger partial charge in [-0.1, -0.05) is 20.8 Å². The number of hydrogen-bond acceptors (Lipinski definition) is 7. The van der Waals surface area contributed by atoms with E-state index in [1.54, 1.807) is 41.3 Å². The highest BCUT2D eigenvalue weighted by atomic mass is 32.2. The van der Waals surface area contributed by atoms with Gasteiger partial charge in [0.05, 0.1) is 17.3 Å². The fourth-order valence-electron chi connectivity index (χ4n) is 3.22. The van der Waals surface area contributed by atoms with Crippen molar-refractivity contribution < 1.29 is 17.6 Å². The van der Waals surface area contributed by atoms with Crippen molar-refractivity contribution in [1.29, 1.82) is 0 Å². The maximum atomic E-state index is 12.3. The standard InChI is InChI=1S/C23H26N6O4S/c1-23(2,3)18-12-26-21(33-18)7-8-25-22(30)28-19-14-29-13-15(5-6-20(29)27-19)16-9-17(11-24-10-16)34(4,31)32/h5-6,9-14H,7-8H2,1-4H3,(H2,25,28,30). The average Bonchev–Trinajstić information content (AvgIpc) is 3.39. The van der Waals surface area contributed by atoms with Gasteiger partial charge < -0.3 is 14.1 Å². The molecule has 11 heteroatoms. The fourth-order valence-corrected chi connectivity index (χ4v) is 3.81. The van der Waals surface area contributed by atoms with Crippen molar-refractivity contribution in [3.63, 3.8) is 0 Å². The van der Waals surface area contributed by atoms with Gasteiger partial charge in [-0.3, -0.25) is 10.3 Å². The molecular formula is C23H26N6O4S. The van der Waals surface area contributed by atoms with Gasteiger partial charge in [-0.25, -0.2) is 23.2 Å². The van der Waals surface area contributed by atoms with E-state index in [1.165, 1.54) is 6.20 Å². The number of anilines is 1. The van der Waals surface area contributed by atoms with Crippen LogP contribution in [0.3, 0.4) is 0 Å². The van der Waals surface area contributed by atoms with Gasteiger partial charge in [0.1, 0.15) is 11.4 Å². The Morgan fingerprint density at radius 2 is 1.91 bits per heavy atom. The molecule has 0 saturated carbocycles. The van der Waals surface area contributed by atoms with Crippen LogP contribution >= 0.6 is 0 Å². The van der Waals surface area contributed by atoms with Crippen LogP contribution in [-0.4, -0.2) is 46.6 Å². The van der Waals surface area contributed by atoms with Gasteiger partial charge in [-0.2, -0.15) is 0 Å². The predicted molar refractivity (Wildman–Crippen MR) is 127 cm³/mol. The van der Waals surface area contributed by atoms with Gasteiger partial charge >= 0.3 is 6.03 Å². The number of fused-ring (bicyclic) bond motifs is 1. The molecule has 4 rings (SSSR count). The van der Waals surface area contributed by atoms with Crippen molar-refractivity contribution in [2.24, 2.45) is 0 Å². The molecule has 178 valence electrons. The van der Waals surface area contributed by atoms with Crippen molar-refractivity contribution in [3.05, 3.63) is 60.8 Å². The number of nitrogens with zero attached hydrogens (tertiary/aromatic N) is 4. The van der Waals surface area contributed by atoms with Gasteiger partial charge in [0.15, 0.2) is 21.5 Å². The van der Waals surface area contributed by atoms with Gasteiger partial charge in [0.25, 0.3) is 0 Å². The van der Waals surface area contributed by atoms with E-state index >= 15 is 0 Å². The van der Waals surface area contributed by atoms with E-state index in [0.717, 1.165) is 17.6 Å². The van der Waals surface area contributed by atoms with Crippen molar-refractivity contribution in [2.45, 2.75) is 37.5 Å². The molecule has 0 fully saturated rings. The first-order valence-corrected chi connectivity index (χ1v) is 12.5. The highest BCUT2D eigenvalue weighted by Crippen LogP contribution is 2.24. The first-order valence-electron chi connectivity index (χ1n) is 10.6. The molecule has 0 atom stereocenters. The summed E-state index contributed by atoms with van der Waals surface area (Å²) in [6.07, 6.45) is 9.72. The zero-order valence-electron chi connectivity index (χ0n) is 19.4. The Balaban J connectivity index is 1.39. The lowest BCUT2D eigenvalue weighted by atomic mass is 9.94. The van der Waals surface area contributed by atoms with Crippen LogP contribution < -0.4 is 10.6 Å². The molecule has 0 saturated heterocycles. The van der Waals surface area contributed by atoms with Gasteiger partial charge in [-0.15, -0.1) is 0 Å². The Morgan fingerprint density at radius 1 is 1.12 bits per heavy atom. The molecule has 0 aliphatic heterocycles. The number of rotatable bonds is 6. The molecule has 2 N–H and O–H groups in total. The number of urea groups is 1. The summed E-state index contributed by atoms with van der Waals surface area (Å²) in [4.78, 5) is 25.1. The van der Waals surface area contributed by atoms with Crippen LogP contribution in [0.2, 0.25) is 0 Å². The van der Waals surface area contributed by atoms with Crippen LogP contribution in [0.1, 0.15) is 32.4 Å². The van der Waals surface area contributed by atoms with Crippen molar-refractivity contribution in [2.75, 3.05) is 18.1 Å². The van der Waals surface area contributed by atoms with E-state index in [1.807, 2.05) is 26.8 Å². The van der Waals surface area contributed by atoms with Crippen LogP contribution in [0.5, 0.6) is 0 Å². The first-order chi connectivity index (χ1) is 16.0. The molecular weight excluding hydrogens is 456 g/mol. The molecule has 0 unspecified atom stereocenters. The summed E-state index contributed by atoms with van der Waals surface area (Å²) < 4.78 is 31.1. The third kappa shape index (κ3) is 5.42. The largest absolute Gasteiger partial charge is 0.445 e. The van der Waals surface area contributed by atoms with Crippen LogP contribution in [0.25, 0.3) is 16.8 Å². The highest BCUT2D eigenvalue weighted by Gasteiger charge is 2.19. The van der Waals surface area contributed by atoms with E-state index in [0.29, 0.717) is 35.9 Å². The summed E-state index contributed by atoms with van der Waals surface area (Å²) in [6.45, 7) is 6.50. The molecule has 4 heterocycles. The minimum Gasteiger partial charge on any atom is -0.445 e. The number of sulfone groups is 1. The van der Waals surface area contributed by atoms with Crippen LogP contribution in [0, 0.1) is 0 Å². The van der Waals surface area contributed by atoms with E-state index in [-0.39, 0.29) is 10.3 Å². The lowest BCUT2D eigenvalue weighted by Crippen LogP contribution is -2.30. The molecule has 2 amide bonds. The van der Waals surface area contributed by atoms with Gasteiger partial charge in [0, 0.05) is 54.4 Å². The normalized spacial score (nSPS) is 12.1. The molecule has 0 radical (unpaired) electrons. The molecule has 10 nitrogen and oxygen atoms in total. The number of amides is 2. The quantitative estimate of drug-likeness (QED) is 0.430. The third-order valence-electron chi connectivity index (χ3n) is 5.08. The van der Waals surface area contributed by atoms with Crippen molar-refractivity contribution >= 4 is 27.3 Å². The number of imidazole rings is 1. The van der Waals surface area contributed by atoms with E-state index in [9.17, 15) is 13.2 Å². The lowest BCUT2D eigenvalue weighted by Gasteiger charge is -2.13. The molecule has 0 spiro atoms. The zero-order valence-corrected chi connectivity index (χ0v) is 20.2. The second-order valence-corrected chi connectivity index (χ2v) is 11.0. The Hall–Kier alpha value is -3.73. The lowest BCUT2D eigenvalue weighted by molar-refractivity contribution is 0.252. The number of hydrogen-bond donors (Lipinski definition) is 2. The monoisotopic (exact) mass is 482 g/mol. The fraction of sp³-hybridized carbons (Fsp3) is 0.304. The van der Waals surface area contributed by atoms with Crippen LogP contribution in [-0.2, 0) is 21.7 Å². The summed E-state index contributed by atoms with van der Waals surface area (Å²) in [5.74, 6) is 1.75. The zero-order chi connectivity index (χ0) is 24.5. The molecule has 0 aliphatic carbocycles. The summed E-state index contributed by atoms with van der Waals surface area (Å²) in [7, 11) is -3.36. The Bertz CT molecular complexity index is 1450. The molecule has 0 aromatic carbocycles. The maximum Gasteiger partial charge on any atom is 0.320 e. The number of carbonyl (C=O) groups is 1. The number of carbonyl (C=O) groups excluding carboxylic acids is 1. The van der Waals surface area contributed by atoms with E-state index in [4.69, 9.17) is 4.42 Å². The Labute approximate surface area is 197 Å². The number of oxazole rings is 1. The number of nitrogens with one attached hydrogen (secondary N) is 2. The van der Waals surface area contributed by atoms with E-state index in [2.05, 4.69) is 25.6 Å². The first kappa shape index (κ1) is 23.4. The molecule has 4 aromatic heterocycles. The summed E-state index contributed by atoms with van der Waals surface area (Å²) in [5, 5.41) is 5.48. The molecule has 4 aromatic rings.